The maximum absolute atomic E-state index is 11.1. The molecule has 0 heterocycles. The molecule has 0 saturated carbocycles. The molecule has 0 aromatic carbocycles. The number of carbonyl (C=O) groups excluding carboxylic acids is 2. The zero-order valence-electron chi connectivity index (χ0n) is 8.22. The third-order valence-electron chi connectivity index (χ3n) is 2.06. The van der Waals surface area contributed by atoms with Crippen molar-refractivity contribution in [2.75, 3.05) is 0 Å². The lowest BCUT2D eigenvalue weighted by Crippen LogP contribution is -2.06. The Balaban J connectivity index is 3.50. The predicted octanol–water partition coefficient (Wildman–Crippen LogP) is 2.36. The lowest BCUT2D eigenvalue weighted by atomic mass is 10.00. The summed E-state index contributed by atoms with van der Waals surface area (Å²) in [5, 5.41) is 0. The van der Waals surface area contributed by atoms with Crippen molar-refractivity contribution in [3.8, 4) is 0 Å². The van der Waals surface area contributed by atoms with Crippen molar-refractivity contribution < 1.29 is 9.59 Å². The molecule has 0 saturated heterocycles. The van der Waals surface area contributed by atoms with Crippen molar-refractivity contribution in [3.63, 3.8) is 0 Å². The number of Topliss-reactive ketones (excluding diaryl/α,β-unsaturated/α-hetero) is 2. The summed E-state index contributed by atoms with van der Waals surface area (Å²) >= 11 is 0. The van der Waals surface area contributed by atoms with Gasteiger partial charge < -0.3 is 0 Å². The second kappa shape index (κ2) is 5.92. The number of carbonyl (C=O) groups is 2. The molecule has 70 valence electrons. The zero-order valence-corrected chi connectivity index (χ0v) is 8.22. The first-order chi connectivity index (χ1) is 5.56. The van der Waals surface area contributed by atoms with Gasteiger partial charge in [-0.15, -0.1) is 0 Å². The van der Waals surface area contributed by atoms with Crippen LogP contribution in [0.5, 0.6) is 0 Å². The van der Waals surface area contributed by atoms with E-state index in [-0.39, 0.29) is 18.0 Å². The third-order valence-corrected chi connectivity index (χ3v) is 2.06. The molecule has 0 spiro atoms. The van der Waals surface area contributed by atoms with Crippen LogP contribution in [0.4, 0.5) is 0 Å². The smallest absolute Gasteiger partial charge is 0.140 e. The Morgan fingerprint density at radius 1 is 1.33 bits per heavy atom. The molecule has 0 aliphatic heterocycles. The van der Waals surface area contributed by atoms with Crippen LogP contribution in [0.3, 0.4) is 0 Å². The van der Waals surface area contributed by atoms with E-state index in [0.29, 0.717) is 12.3 Å². The number of hydrogen-bond donors (Lipinski definition) is 0. The molecule has 0 rings (SSSR count). The molecule has 0 aliphatic rings. The van der Waals surface area contributed by atoms with Gasteiger partial charge in [-0.3, -0.25) is 9.59 Å². The van der Waals surface area contributed by atoms with Crippen LogP contribution < -0.4 is 0 Å². The Labute approximate surface area is 74.3 Å². The van der Waals surface area contributed by atoms with Gasteiger partial charge in [0.25, 0.3) is 0 Å². The van der Waals surface area contributed by atoms with Crippen LogP contribution in [0.1, 0.15) is 46.5 Å². The summed E-state index contributed by atoms with van der Waals surface area (Å²) in [6.45, 7) is 5.70. The summed E-state index contributed by atoms with van der Waals surface area (Å²) in [4.78, 5) is 21.6. The van der Waals surface area contributed by atoms with Gasteiger partial charge in [-0.25, -0.2) is 0 Å². The highest BCUT2D eigenvalue weighted by atomic mass is 16.1. The van der Waals surface area contributed by atoms with Crippen molar-refractivity contribution in [1.29, 1.82) is 0 Å². The molecule has 0 fully saturated rings. The van der Waals surface area contributed by atoms with E-state index in [1.807, 2.05) is 0 Å². The Bertz CT molecular complexity index is 161. The van der Waals surface area contributed by atoms with Crippen LogP contribution in [0, 0.1) is 5.92 Å². The van der Waals surface area contributed by atoms with Crippen LogP contribution in [-0.4, -0.2) is 11.6 Å². The minimum Gasteiger partial charge on any atom is -0.300 e. The molecule has 0 aromatic rings. The molecule has 0 N–H and O–H groups in total. The van der Waals surface area contributed by atoms with Gasteiger partial charge in [0.2, 0.25) is 0 Å². The molecule has 12 heavy (non-hydrogen) atoms. The van der Waals surface area contributed by atoms with E-state index in [2.05, 4.69) is 13.8 Å². The summed E-state index contributed by atoms with van der Waals surface area (Å²) in [7, 11) is 0. The van der Waals surface area contributed by atoms with E-state index in [9.17, 15) is 9.59 Å². The Hall–Kier alpha value is -0.660. The van der Waals surface area contributed by atoms with Gasteiger partial charge in [0.05, 0.1) is 6.42 Å². The Kier molecular flexibility index (Phi) is 5.60. The van der Waals surface area contributed by atoms with Crippen LogP contribution in [-0.2, 0) is 9.59 Å². The molecule has 1 atom stereocenters. The van der Waals surface area contributed by atoms with E-state index >= 15 is 0 Å². The molecule has 0 bridgehead atoms. The highest BCUT2D eigenvalue weighted by molar-refractivity contribution is 5.97. The van der Waals surface area contributed by atoms with Crippen molar-refractivity contribution in [3.05, 3.63) is 0 Å². The van der Waals surface area contributed by atoms with E-state index in [4.69, 9.17) is 0 Å². The average molecular weight is 170 g/mol. The summed E-state index contributed by atoms with van der Waals surface area (Å²) in [6, 6.07) is 0. The highest BCUT2D eigenvalue weighted by Crippen LogP contribution is 2.10. The number of ketones is 2. The first-order valence-corrected chi connectivity index (χ1v) is 4.57. The van der Waals surface area contributed by atoms with Crippen LogP contribution in [0.25, 0.3) is 0 Å². The average Bonchev–Trinajstić information content (AvgIpc) is 1.99. The minimum atomic E-state index is -0.0239. The lowest BCUT2D eigenvalue weighted by Gasteiger charge is -2.05. The Morgan fingerprint density at radius 3 is 2.33 bits per heavy atom. The minimum absolute atomic E-state index is 0.0239. The number of hydrogen-bond acceptors (Lipinski definition) is 2. The second-order valence-electron chi connectivity index (χ2n) is 3.47. The normalized spacial score (nSPS) is 12.6. The first-order valence-electron chi connectivity index (χ1n) is 4.57. The predicted molar refractivity (Wildman–Crippen MR) is 49.0 cm³/mol. The SMILES string of the molecule is CC[C@H](C)CCC(=O)CC(C)=O. The van der Waals surface area contributed by atoms with Crippen molar-refractivity contribution in [2.45, 2.75) is 46.5 Å². The maximum Gasteiger partial charge on any atom is 0.140 e. The zero-order chi connectivity index (χ0) is 9.56. The summed E-state index contributed by atoms with van der Waals surface area (Å²) in [5.74, 6) is 0.660. The van der Waals surface area contributed by atoms with Crippen molar-refractivity contribution >= 4 is 11.6 Å². The van der Waals surface area contributed by atoms with E-state index in [1.54, 1.807) is 0 Å². The quantitative estimate of drug-likeness (QED) is 0.573. The molecular weight excluding hydrogens is 152 g/mol. The molecular formula is C10H18O2. The monoisotopic (exact) mass is 170 g/mol. The molecule has 0 amide bonds. The van der Waals surface area contributed by atoms with E-state index < -0.39 is 0 Å². The van der Waals surface area contributed by atoms with Gasteiger partial charge in [0.1, 0.15) is 11.6 Å². The topological polar surface area (TPSA) is 34.1 Å². The molecule has 0 unspecified atom stereocenters. The lowest BCUT2D eigenvalue weighted by molar-refractivity contribution is -0.126. The summed E-state index contributed by atoms with van der Waals surface area (Å²) in [5.41, 5.74) is 0. The highest BCUT2D eigenvalue weighted by Gasteiger charge is 2.07. The van der Waals surface area contributed by atoms with Gasteiger partial charge >= 0.3 is 0 Å². The molecule has 2 heteroatoms. The van der Waals surface area contributed by atoms with Gasteiger partial charge in [0.15, 0.2) is 0 Å². The second-order valence-corrected chi connectivity index (χ2v) is 3.47. The molecule has 2 nitrogen and oxygen atoms in total. The van der Waals surface area contributed by atoms with Gasteiger partial charge in [-0.1, -0.05) is 20.3 Å². The Morgan fingerprint density at radius 2 is 1.92 bits per heavy atom. The van der Waals surface area contributed by atoms with Crippen molar-refractivity contribution in [1.82, 2.24) is 0 Å². The van der Waals surface area contributed by atoms with E-state index in [0.717, 1.165) is 12.8 Å². The van der Waals surface area contributed by atoms with Gasteiger partial charge in [-0.2, -0.15) is 0 Å². The fourth-order valence-corrected chi connectivity index (χ4v) is 0.978. The molecule has 0 aliphatic carbocycles. The van der Waals surface area contributed by atoms with Crippen molar-refractivity contribution in [2.24, 2.45) is 5.92 Å². The molecule has 0 aromatic heterocycles. The summed E-state index contributed by atoms with van der Waals surface area (Å²) < 4.78 is 0. The fourth-order valence-electron chi connectivity index (χ4n) is 0.978. The van der Waals surface area contributed by atoms with Gasteiger partial charge in [0, 0.05) is 6.42 Å². The summed E-state index contributed by atoms with van der Waals surface area (Å²) in [6.07, 6.45) is 2.71. The third kappa shape index (κ3) is 6.08. The largest absolute Gasteiger partial charge is 0.300 e. The van der Waals surface area contributed by atoms with Crippen LogP contribution in [0.2, 0.25) is 0 Å². The fraction of sp³-hybridized carbons (Fsp3) is 0.800. The van der Waals surface area contributed by atoms with Gasteiger partial charge in [-0.05, 0) is 19.3 Å². The van der Waals surface area contributed by atoms with Crippen LogP contribution >= 0.6 is 0 Å². The number of rotatable bonds is 6. The standard InChI is InChI=1S/C10H18O2/c1-4-8(2)5-6-10(12)7-9(3)11/h8H,4-7H2,1-3H3/t8-/m0/s1. The van der Waals surface area contributed by atoms with E-state index in [1.165, 1.54) is 6.92 Å². The molecule has 0 radical (unpaired) electrons. The first kappa shape index (κ1) is 11.3. The maximum atomic E-state index is 11.1. The van der Waals surface area contributed by atoms with Crippen LogP contribution in [0.15, 0.2) is 0 Å².